The van der Waals surface area contributed by atoms with E-state index in [2.05, 4.69) is 50.3 Å². The van der Waals surface area contributed by atoms with Crippen molar-refractivity contribution in [1.82, 2.24) is 5.48 Å². The third-order valence-electron chi connectivity index (χ3n) is 11.1. The molecule has 0 aliphatic heterocycles. The minimum atomic E-state index is -1.08. The van der Waals surface area contributed by atoms with Gasteiger partial charge in [0.15, 0.2) is 5.96 Å². The fraction of sp³-hybridized carbons (Fsp3) is 0.893. The Hall–Kier alpha value is -1.15. The molecule has 200 valence electrons. The van der Waals surface area contributed by atoms with Gasteiger partial charge in [-0.3, -0.25) is 9.83 Å². The molecule has 0 spiro atoms. The van der Waals surface area contributed by atoms with Gasteiger partial charge in [-0.1, -0.05) is 32.9 Å². The van der Waals surface area contributed by atoms with Crippen LogP contribution < -0.4 is 16.9 Å². The molecule has 0 aromatic carbocycles. The number of aliphatic imine (C=N–C) groups is 1. The van der Waals surface area contributed by atoms with E-state index in [0.29, 0.717) is 43.7 Å². The molecular formula is C28H50N4O3. The standard InChI is InChI=1S/C28H50N4O3/c1-5-9-21-20(6-2)28(34,32-35-17-8-16-31-24(29)30)18-19-10-11-23-22(26(19,21)4)12-15-25(3)13-7-14-27(23,25)33/h5,9,19-23,32-34H,6-8,10-18H2,1-4H3,(H4,29,30,31)/t19?,20?,21?,22-,23-,25+,26-,27-,28?/m1/s1. The average molecular weight is 491 g/mol. The molecule has 0 aromatic rings. The van der Waals surface area contributed by atoms with Crippen LogP contribution in [0.1, 0.15) is 91.9 Å². The summed E-state index contributed by atoms with van der Waals surface area (Å²) in [7, 11) is 0. The first-order chi connectivity index (χ1) is 16.6. The van der Waals surface area contributed by atoms with Crippen molar-refractivity contribution >= 4 is 5.96 Å². The van der Waals surface area contributed by atoms with Crippen molar-refractivity contribution in [3.8, 4) is 0 Å². The molecule has 35 heavy (non-hydrogen) atoms. The fourth-order valence-corrected chi connectivity index (χ4v) is 9.31. The third-order valence-corrected chi connectivity index (χ3v) is 11.1. The number of guanidine groups is 1. The molecule has 0 bridgehead atoms. The van der Waals surface area contributed by atoms with Gasteiger partial charge in [0.25, 0.3) is 0 Å². The second kappa shape index (κ2) is 9.96. The molecule has 0 amide bonds. The molecule has 4 unspecified atom stereocenters. The summed E-state index contributed by atoms with van der Waals surface area (Å²) in [6.07, 6.45) is 14.4. The first-order valence-electron chi connectivity index (χ1n) is 14.1. The Labute approximate surface area is 212 Å². The summed E-state index contributed by atoms with van der Waals surface area (Å²) in [5, 5.41) is 24.1. The Bertz CT molecular complexity index is 816. The van der Waals surface area contributed by atoms with Gasteiger partial charge >= 0.3 is 0 Å². The van der Waals surface area contributed by atoms with Crippen LogP contribution in [-0.2, 0) is 4.84 Å². The number of nitrogens with two attached hydrogens (primary N) is 2. The van der Waals surface area contributed by atoms with Crippen molar-refractivity contribution in [2.24, 2.45) is 56.9 Å². The number of hydroxylamine groups is 1. The molecule has 0 radical (unpaired) electrons. The summed E-state index contributed by atoms with van der Waals surface area (Å²) in [4.78, 5) is 9.81. The zero-order chi connectivity index (χ0) is 25.5. The highest BCUT2D eigenvalue weighted by Gasteiger charge is 2.68. The van der Waals surface area contributed by atoms with E-state index in [1.165, 1.54) is 6.42 Å². The van der Waals surface area contributed by atoms with Gasteiger partial charge in [-0.25, -0.2) is 0 Å². The van der Waals surface area contributed by atoms with Crippen LogP contribution in [0.2, 0.25) is 0 Å². The van der Waals surface area contributed by atoms with Gasteiger partial charge in [-0.05, 0) is 106 Å². The minimum absolute atomic E-state index is 0.0305. The van der Waals surface area contributed by atoms with E-state index in [-0.39, 0.29) is 28.6 Å². The Kier molecular flexibility index (Phi) is 7.65. The van der Waals surface area contributed by atoms with Gasteiger partial charge in [-0.2, -0.15) is 5.48 Å². The second-order valence-corrected chi connectivity index (χ2v) is 12.5. The lowest BCUT2D eigenvalue weighted by atomic mass is 9.40. The van der Waals surface area contributed by atoms with E-state index in [0.717, 1.165) is 44.9 Å². The summed E-state index contributed by atoms with van der Waals surface area (Å²) in [5.74, 6) is 1.57. The van der Waals surface area contributed by atoms with E-state index in [9.17, 15) is 10.2 Å². The highest BCUT2D eigenvalue weighted by molar-refractivity contribution is 5.75. The number of nitrogens with one attached hydrogen (secondary N) is 1. The molecule has 7 N–H and O–H groups in total. The predicted molar refractivity (Wildman–Crippen MR) is 140 cm³/mol. The van der Waals surface area contributed by atoms with Crippen LogP contribution in [0.25, 0.3) is 0 Å². The molecule has 4 aliphatic rings. The summed E-state index contributed by atoms with van der Waals surface area (Å²) >= 11 is 0. The third kappa shape index (κ3) is 4.34. The van der Waals surface area contributed by atoms with Crippen LogP contribution in [0.5, 0.6) is 0 Å². The quantitative estimate of drug-likeness (QED) is 0.0879. The molecule has 7 nitrogen and oxygen atoms in total. The van der Waals surface area contributed by atoms with E-state index >= 15 is 0 Å². The molecule has 4 rings (SSSR count). The molecule has 9 atom stereocenters. The van der Waals surface area contributed by atoms with Crippen LogP contribution in [0.3, 0.4) is 0 Å². The smallest absolute Gasteiger partial charge is 0.185 e. The second-order valence-electron chi connectivity index (χ2n) is 12.5. The van der Waals surface area contributed by atoms with Crippen LogP contribution >= 0.6 is 0 Å². The Morgan fingerprint density at radius 2 is 1.89 bits per heavy atom. The van der Waals surface area contributed by atoms with Crippen LogP contribution in [0, 0.1) is 40.4 Å². The minimum Gasteiger partial charge on any atom is -0.389 e. The normalized spacial score (nSPS) is 47.2. The first kappa shape index (κ1) is 26.9. The Morgan fingerprint density at radius 1 is 1.11 bits per heavy atom. The number of hydrogen-bond acceptors (Lipinski definition) is 5. The highest BCUT2D eigenvalue weighted by atomic mass is 16.7. The van der Waals surface area contributed by atoms with Gasteiger partial charge in [0, 0.05) is 12.5 Å². The molecule has 7 heteroatoms. The van der Waals surface area contributed by atoms with Gasteiger partial charge in [-0.15, -0.1) is 0 Å². The van der Waals surface area contributed by atoms with Crippen molar-refractivity contribution in [3.05, 3.63) is 12.2 Å². The lowest BCUT2D eigenvalue weighted by Gasteiger charge is -2.67. The lowest BCUT2D eigenvalue weighted by molar-refractivity contribution is -0.261. The van der Waals surface area contributed by atoms with Crippen molar-refractivity contribution in [2.75, 3.05) is 13.2 Å². The maximum atomic E-state index is 12.1. The molecular weight excluding hydrogens is 440 g/mol. The summed E-state index contributed by atoms with van der Waals surface area (Å²) in [5.41, 5.74) is 12.4. The topological polar surface area (TPSA) is 126 Å². The fourth-order valence-electron chi connectivity index (χ4n) is 9.31. The zero-order valence-electron chi connectivity index (χ0n) is 22.4. The maximum absolute atomic E-state index is 12.1. The van der Waals surface area contributed by atoms with E-state index < -0.39 is 11.3 Å². The molecule has 0 saturated heterocycles. The SMILES string of the molecule is CC=CC1C(CC)C(O)(NOCCCN=C(N)N)CC2CC[C@@H]3[C@@H](CC[C@]4(C)CCC[C@@]34O)[C@]21C. The molecule has 4 saturated carbocycles. The monoisotopic (exact) mass is 490 g/mol. The van der Waals surface area contributed by atoms with Gasteiger partial charge in [0.2, 0.25) is 0 Å². The van der Waals surface area contributed by atoms with Gasteiger partial charge in [0.05, 0.1) is 12.2 Å². The number of fused-ring (bicyclic) bond motifs is 5. The van der Waals surface area contributed by atoms with E-state index in [4.69, 9.17) is 16.3 Å². The van der Waals surface area contributed by atoms with Crippen LogP contribution in [-0.4, -0.2) is 40.7 Å². The summed E-state index contributed by atoms with van der Waals surface area (Å²) < 4.78 is 0. The van der Waals surface area contributed by atoms with Gasteiger partial charge < -0.3 is 21.7 Å². The number of hydrogen-bond donors (Lipinski definition) is 5. The zero-order valence-corrected chi connectivity index (χ0v) is 22.4. The van der Waals surface area contributed by atoms with Crippen molar-refractivity contribution in [2.45, 2.75) is 103 Å². The van der Waals surface area contributed by atoms with Crippen molar-refractivity contribution < 1.29 is 15.1 Å². The van der Waals surface area contributed by atoms with Crippen molar-refractivity contribution in [1.29, 1.82) is 0 Å². The Morgan fingerprint density at radius 3 is 2.57 bits per heavy atom. The number of nitrogens with zero attached hydrogens (tertiary/aromatic N) is 1. The van der Waals surface area contributed by atoms with Crippen molar-refractivity contribution in [3.63, 3.8) is 0 Å². The predicted octanol–water partition coefficient (Wildman–Crippen LogP) is 3.85. The number of aliphatic hydroxyl groups is 2. The molecule has 0 heterocycles. The molecule has 0 aromatic heterocycles. The Balaban J connectivity index is 1.57. The molecule has 4 fully saturated rings. The largest absolute Gasteiger partial charge is 0.389 e. The number of rotatable bonds is 8. The summed E-state index contributed by atoms with van der Waals surface area (Å²) in [6, 6.07) is 0. The van der Waals surface area contributed by atoms with E-state index in [1.54, 1.807) is 0 Å². The number of allylic oxidation sites excluding steroid dienone is 2. The highest BCUT2D eigenvalue weighted by Crippen LogP contribution is 2.70. The van der Waals surface area contributed by atoms with E-state index in [1.807, 2.05) is 0 Å². The average Bonchev–Trinajstić information content (AvgIpc) is 3.12. The van der Waals surface area contributed by atoms with Crippen LogP contribution in [0.4, 0.5) is 0 Å². The molecule has 4 aliphatic carbocycles. The lowest BCUT2D eigenvalue weighted by Crippen LogP contribution is -2.68. The maximum Gasteiger partial charge on any atom is 0.185 e. The van der Waals surface area contributed by atoms with Crippen LogP contribution in [0.15, 0.2) is 17.1 Å². The van der Waals surface area contributed by atoms with Gasteiger partial charge in [0.1, 0.15) is 5.72 Å². The summed E-state index contributed by atoms with van der Waals surface area (Å²) in [6.45, 7) is 10.0. The first-order valence-corrected chi connectivity index (χ1v) is 14.1.